The second kappa shape index (κ2) is 87.3. The van der Waals surface area contributed by atoms with Gasteiger partial charge in [0.05, 0.1) is 13.0 Å². The van der Waals surface area contributed by atoms with Crippen molar-refractivity contribution in [2.24, 2.45) is 23.5 Å². The summed E-state index contributed by atoms with van der Waals surface area (Å²) in [6, 6.07) is 20.1. The van der Waals surface area contributed by atoms with Crippen LogP contribution in [0.1, 0.15) is 411 Å². The maximum Gasteiger partial charge on any atom is 0.386 e. The first kappa shape index (κ1) is 125. The van der Waals surface area contributed by atoms with Crippen molar-refractivity contribution >= 4 is 59.6 Å². The molecule has 0 bridgehead atoms. The fraction of sp³-hybridized carbons (Fsp3) is 0.790. The van der Waals surface area contributed by atoms with Crippen molar-refractivity contribution in [3.8, 4) is 0 Å². The smallest absolute Gasteiger partial charge is 0.386 e. The van der Waals surface area contributed by atoms with Crippen molar-refractivity contribution in [2.45, 2.75) is 413 Å². The molecule has 0 spiro atoms. The van der Waals surface area contributed by atoms with Gasteiger partial charge in [-0.15, -0.1) is 0 Å². The molecule has 2 aromatic carbocycles. The van der Waals surface area contributed by atoms with E-state index in [1.54, 1.807) is 25.3 Å². The van der Waals surface area contributed by atoms with Crippen LogP contribution in [0.2, 0.25) is 0 Å². The minimum Gasteiger partial charge on any atom is -0.465 e. The molecule has 20 nitrogen and oxygen atoms in total. The third-order valence-corrected chi connectivity index (χ3v) is 23.6. The first-order valence-electron chi connectivity index (χ1n) is 49.6. The van der Waals surface area contributed by atoms with E-state index >= 15 is 0 Å². The van der Waals surface area contributed by atoms with E-state index in [4.69, 9.17) is 10.5 Å². The fourth-order valence-electron chi connectivity index (χ4n) is 15.9. The molecule has 0 aromatic heterocycles. The number of likely N-dealkylation sites (tertiary alicyclic amines) is 2. The average Bonchev–Trinajstić information content (AvgIpc) is 0.843. The monoisotopic (exact) mass is 1760 g/mol. The molecule has 5 aliphatic rings. The predicted octanol–water partition coefficient (Wildman–Crippen LogP) is 22.2. The summed E-state index contributed by atoms with van der Waals surface area (Å²) in [4.78, 5) is 114. The molecule has 5 amide bonds. The zero-order valence-electron chi connectivity index (χ0n) is 80.6. The predicted molar refractivity (Wildman–Crippen MR) is 530 cm³/mol. The third-order valence-electron chi connectivity index (χ3n) is 23.6. The van der Waals surface area contributed by atoms with Crippen molar-refractivity contribution in [2.75, 3.05) is 111 Å². The number of ketones is 3. The number of nitrogens with two attached hydrogens (primary N) is 1. The molecule has 3 saturated carbocycles. The van der Waals surface area contributed by atoms with Crippen molar-refractivity contribution in [1.82, 2.24) is 40.4 Å². The number of benzene rings is 2. The largest absolute Gasteiger partial charge is 0.465 e. The van der Waals surface area contributed by atoms with Gasteiger partial charge < -0.3 is 55.6 Å². The van der Waals surface area contributed by atoms with E-state index < -0.39 is 0 Å². The van der Waals surface area contributed by atoms with Crippen LogP contribution in [0.25, 0.3) is 0 Å². The number of nitrogens with zero attached hydrogens (tertiary/aromatic N) is 6. The van der Waals surface area contributed by atoms with E-state index in [0.717, 1.165) is 199 Å². The van der Waals surface area contributed by atoms with Gasteiger partial charge in [0.25, 0.3) is 0 Å². The molecule has 0 radical (unpaired) electrons. The lowest BCUT2D eigenvalue weighted by Crippen LogP contribution is -2.49. The van der Waals surface area contributed by atoms with Crippen LogP contribution in [0.3, 0.4) is 0 Å². The molecule has 2 saturated heterocycles. The molecule has 1 unspecified atom stereocenters. The topological polar surface area (TPSA) is 244 Å². The molecule has 5 fully saturated rings. The summed E-state index contributed by atoms with van der Waals surface area (Å²) < 4.78 is 7.08. The number of Topliss-reactive ketones (excluding diaryl/α,β-unsaturated/α-hetero) is 3. The van der Waals surface area contributed by atoms with E-state index in [1.165, 1.54) is 193 Å². The molecular formula is C105H197N10O10+. The molecule has 2 aliphatic heterocycles. The number of unbranched alkanes of at least 4 members (excludes halogenated alkanes) is 7. The van der Waals surface area contributed by atoms with E-state index in [2.05, 4.69) is 95.9 Å². The van der Waals surface area contributed by atoms with Crippen LogP contribution in [0.15, 0.2) is 60.7 Å². The van der Waals surface area contributed by atoms with E-state index in [9.17, 15) is 43.2 Å². The molecule has 3 aliphatic carbocycles. The van der Waals surface area contributed by atoms with Crippen LogP contribution >= 0.6 is 0 Å². The number of carbonyl (C=O) groups excluding carboxylic acids is 9. The van der Waals surface area contributed by atoms with Gasteiger partial charge >= 0.3 is 11.9 Å². The van der Waals surface area contributed by atoms with E-state index in [1.807, 2.05) is 74.2 Å². The summed E-state index contributed by atoms with van der Waals surface area (Å²) in [6.45, 7) is 46.1. The second-order valence-electron chi connectivity index (χ2n) is 34.7. The summed E-state index contributed by atoms with van der Waals surface area (Å²) in [5, 5.41) is 8.93. The highest BCUT2D eigenvalue weighted by Crippen LogP contribution is 2.31. The first-order chi connectivity index (χ1) is 59.0. The molecule has 20 heteroatoms. The normalized spacial score (nSPS) is 15.8. The number of hydrogen-bond acceptors (Lipinski definition) is 15. The number of esters is 1. The van der Waals surface area contributed by atoms with Gasteiger partial charge in [-0.05, 0) is 213 Å². The van der Waals surface area contributed by atoms with Crippen molar-refractivity contribution in [3.63, 3.8) is 0 Å². The molecule has 7 rings (SSSR count). The molecule has 726 valence electrons. The molecular weight excluding hydrogens is 1560 g/mol. The van der Waals surface area contributed by atoms with Crippen molar-refractivity contribution < 1.29 is 52.5 Å². The van der Waals surface area contributed by atoms with Crippen LogP contribution in [0.5, 0.6) is 0 Å². The van der Waals surface area contributed by atoms with Gasteiger partial charge in [-0.3, -0.25) is 33.7 Å². The number of piperidine rings is 2. The van der Waals surface area contributed by atoms with E-state index in [0.29, 0.717) is 50.1 Å². The molecule has 125 heavy (non-hydrogen) atoms. The number of amides is 5. The van der Waals surface area contributed by atoms with Crippen LogP contribution in [0, 0.1) is 17.8 Å². The Morgan fingerprint density at radius 1 is 0.480 bits per heavy atom. The van der Waals surface area contributed by atoms with Gasteiger partial charge in [0.1, 0.15) is 24.3 Å². The highest BCUT2D eigenvalue weighted by Gasteiger charge is 2.33. The zero-order valence-corrected chi connectivity index (χ0v) is 80.6. The van der Waals surface area contributed by atoms with Gasteiger partial charge in [-0.1, -0.05) is 267 Å². The van der Waals surface area contributed by atoms with Crippen LogP contribution in [-0.2, 0) is 49.6 Å². The Bertz CT molecular complexity index is 2860. The average molecular weight is 1760 g/mol. The molecule has 5 N–H and O–H groups in total. The minimum absolute atomic E-state index is 0. The fourth-order valence-corrected chi connectivity index (χ4v) is 15.9. The second-order valence-corrected chi connectivity index (χ2v) is 34.7. The number of rotatable bonds is 49. The van der Waals surface area contributed by atoms with Gasteiger partial charge in [-0.25, -0.2) is 4.79 Å². The van der Waals surface area contributed by atoms with Gasteiger partial charge in [0, 0.05) is 109 Å². The Balaban J connectivity index is -0.000000699. The minimum atomic E-state index is -0.0727. The summed E-state index contributed by atoms with van der Waals surface area (Å²) in [6.07, 6.45) is 50.0. The maximum atomic E-state index is 12.6. The van der Waals surface area contributed by atoms with Gasteiger partial charge in [-0.2, -0.15) is 4.58 Å². The standard InChI is InChI=1S/C24H44N4O2.C19H32N2O.C18H36N2O2.C12H22O.C9H10O.C8H16NO.C7H14O.C5H11NO.3CH4/c29-23(25-13-7-19-27-15-3-1-4-16-27)21-9-11-22(12-10-21)24(30)26-14-8-20-28-17-5-2-6-18-28;1-4-6-13-20(14-7-5-2)15-16-21(18(3)22)17-19-11-9-8-10-12-19;1-3-5-15-22-18(21)17(10-4-2)20(14-9-13-19)16-11-7-6-8-12-16;1-11(13)7-5-6-10-12-8-3-2-4-9-12;1-2-9(10)8-6-4-3-5-7-8;1-4-6-7-9(3)8(10)5-2;1-3-4-5-6-7(2)8;1-3-4-6-5(2)7;;;/h21-22H,1-20H2,(H,25,29)(H,26,30);8-12H,4-7,13-17H2,1-3H3;16-17H,3-15,19H2,1-2H3;12H,2-10H2,1H3;3-7H,2H2,1H3;3-7H2,1-2H3;3-6H2,1-2H3;3-4H2,1-2H3,(H,6,7);3*1H4/q;;;;;+1;;;;;. The summed E-state index contributed by atoms with van der Waals surface area (Å²) in [5.74, 6) is 2.81. The SMILES string of the molecule is C.C.C.C=[N+](CCCC)C(=O)CC.CC(=O)CCCCC1CCCCC1.CCC(=O)c1ccccc1.CCCCCC(C)=O.CCCCN(CCCC)CCN(Cc1ccccc1)C(C)=O.CCCCOC(=O)C(CCC)N(CCCN)C1CCCCC1.CCCNC(C)=O.O=C(NCCCN1CCCCC1)C1CCC(C(=O)NCCCN2CCCCC2)CC1. The summed E-state index contributed by atoms with van der Waals surface area (Å²) in [7, 11) is 0. The molecule has 2 heterocycles. The van der Waals surface area contributed by atoms with Crippen molar-refractivity contribution in [1.29, 1.82) is 0 Å². The summed E-state index contributed by atoms with van der Waals surface area (Å²) in [5.41, 5.74) is 7.72. The van der Waals surface area contributed by atoms with Crippen LogP contribution in [0.4, 0.5) is 0 Å². The Hall–Kier alpha value is -6.06. The quantitative estimate of drug-likeness (QED) is 0.0158. The lowest BCUT2D eigenvalue weighted by atomic mass is 9.81. The maximum absolute atomic E-state index is 12.6. The Labute approximate surface area is 768 Å². The van der Waals surface area contributed by atoms with Gasteiger partial charge in [0.15, 0.2) is 12.3 Å². The Kier molecular flexibility index (Phi) is 87.4. The zero-order chi connectivity index (χ0) is 90.4. The Morgan fingerprint density at radius 2 is 0.952 bits per heavy atom. The highest BCUT2D eigenvalue weighted by atomic mass is 16.5. The number of hydrogen-bond donors (Lipinski definition) is 4. The summed E-state index contributed by atoms with van der Waals surface area (Å²) >= 11 is 0. The number of carbonyl (C=O) groups is 9. The van der Waals surface area contributed by atoms with Crippen molar-refractivity contribution in [3.05, 3.63) is 71.8 Å². The number of ether oxygens (including phenoxy) is 1. The van der Waals surface area contributed by atoms with Gasteiger partial charge in [0.2, 0.25) is 23.6 Å². The number of nitrogens with one attached hydrogen (secondary N) is 3. The third kappa shape index (κ3) is 69.6. The van der Waals surface area contributed by atoms with Crippen LogP contribution < -0.4 is 21.7 Å². The molecule has 2 aromatic rings. The van der Waals surface area contributed by atoms with Crippen LogP contribution in [-0.4, -0.2) is 212 Å². The lowest BCUT2D eigenvalue weighted by Gasteiger charge is -2.39. The molecule has 1 atom stereocenters. The van der Waals surface area contributed by atoms with E-state index in [-0.39, 0.29) is 81.4 Å². The Morgan fingerprint density at radius 3 is 1.38 bits per heavy atom. The lowest BCUT2D eigenvalue weighted by molar-refractivity contribution is -0.441. The first-order valence-corrected chi connectivity index (χ1v) is 49.6. The highest BCUT2D eigenvalue weighted by molar-refractivity contribution is 5.95.